The van der Waals surface area contributed by atoms with Crippen molar-refractivity contribution in [2.75, 3.05) is 25.0 Å². The van der Waals surface area contributed by atoms with Crippen LogP contribution in [0.4, 0.5) is 5.69 Å². The van der Waals surface area contributed by atoms with E-state index in [4.69, 9.17) is 0 Å². The quantitative estimate of drug-likeness (QED) is 0.886. The minimum Gasteiger partial charge on any atom is -0.323 e. The van der Waals surface area contributed by atoms with Crippen LogP contribution in [0, 0.1) is 6.92 Å². The molecule has 2 aliphatic heterocycles. The molecule has 0 spiro atoms. The van der Waals surface area contributed by atoms with Crippen LogP contribution in [0.25, 0.3) is 0 Å². The Kier molecular flexibility index (Phi) is 4.51. The molecule has 2 saturated heterocycles. The van der Waals surface area contributed by atoms with E-state index in [1.54, 1.807) is 6.20 Å². The van der Waals surface area contributed by atoms with E-state index in [-0.39, 0.29) is 11.9 Å². The molecule has 3 rings (SSSR count). The van der Waals surface area contributed by atoms with Gasteiger partial charge < -0.3 is 10.6 Å². The number of pyridine rings is 1. The van der Waals surface area contributed by atoms with E-state index < -0.39 is 0 Å². The molecule has 2 N–H and O–H groups in total. The van der Waals surface area contributed by atoms with Gasteiger partial charge in [0.05, 0.1) is 17.4 Å². The highest BCUT2D eigenvalue weighted by Gasteiger charge is 2.35. The van der Waals surface area contributed by atoms with Gasteiger partial charge in [-0.1, -0.05) is 0 Å². The fraction of sp³-hybridized carbons (Fsp3) is 0.625. The summed E-state index contributed by atoms with van der Waals surface area (Å²) in [6.07, 6.45) is 6.14. The molecule has 2 fully saturated rings. The van der Waals surface area contributed by atoms with Crippen molar-refractivity contribution in [2.24, 2.45) is 0 Å². The van der Waals surface area contributed by atoms with Gasteiger partial charge in [0.15, 0.2) is 0 Å². The Bertz CT molecular complexity index is 499. The third-order valence-electron chi connectivity index (χ3n) is 4.64. The number of anilines is 1. The maximum absolute atomic E-state index is 12.6. The number of hydrogen-bond acceptors (Lipinski definition) is 4. The average molecular weight is 288 g/mol. The Morgan fingerprint density at radius 2 is 2.19 bits per heavy atom. The lowest BCUT2D eigenvalue weighted by Gasteiger charge is -2.35. The van der Waals surface area contributed by atoms with Gasteiger partial charge in [0.2, 0.25) is 5.91 Å². The summed E-state index contributed by atoms with van der Waals surface area (Å²) in [6, 6.07) is 4.36. The van der Waals surface area contributed by atoms with Gasteiger partial charge in [-0.25, -0.2) is 0 Å². The number of rotatable bonds is 3. The fourth-order valence-electron chi connectivity index (χ4n) is 3.48. The second-order valence-corrected chi connectivity index (χ2v) is 6.00. The Hall–Kier alpha value is -1.46. The second kappa shape index (κ2) is 6.54. The van der Waals surface area contributed by atoms with Crippen molar-refractivity contribution in [3.8, 4) is 0 Å². The highest BCUT2D eigenvalue weighted by atomic mass is 16.2. The number of piperidine rings is 1. The molecule has 5 heteroatoms. The summed E-state index contributed by atoms with van der Waals surface area (Å²) in [4.78, 5) is 19.3. The molecule has 5 nitrogen and oxygen atoms in total. The van der Waals surface area contributed by atoms with Crippen LogP contribution in [-0.2, 0) is 4.79 Å². The lowest BCUT2D eigenvalue weighted by molar-refractivity contribution is -0.121. The molecule has 2 aliphatic rings. The van der Waals surface area contributed by atoms with Crippen molar-refractivity contribution in [2.45, 2.75) is 44.7 Å². The predicted molar refractivity (Wildman–Crippen MR) is 83.2 cm³/mol. The molecule has 114 valence electrons. The van der Waals surface area contributed by atoms with Gasteiger partial charge in [0, 0.05) is 12.2 Å². The first kappa shape index (κ1) is 14.5. The number of likely N-dealkylation sites (tertiary alicyclic amines) is 1. The van der Waals surface area contributed by atoms with Crippen LogP contribution < -0.4 is 10.6 Å². The number of nitrogens with one attached hydrogen (secondary N) is 2. The molecular weight excluding hydrogens is 264 g/mol. The topological polar surface area (TPSA) is 57.3 Å². The van der Waals surface area contributed by atoms with Crippen LogP contribution in [0.15, 0.2) is 18.3 Å². The monoisotopic (exact) mass is 288 g/mol. The third-order valence-corrected chi connectivity index (χ3v) is 4.64. The maximum Gasteiger partial charge on any atom is 0.241 e. The first-order valence-corrected chi connectivity index (χ1v) is 7.94. The number of aromatic nitrogens is 1. The van der Waals surface area contributed by atoms with Gasteiger partial charge in [-0.05, 0) is 64.4 Å². The van der Waals surface area contributed by atoms with Crippen LogP contribution in [0.2, 0.25) is 0 Å². The summed E-state index contributed by atoms with van der Waals surface area (Å²) < 4.78 is 0. The summed E-state index contributed by atoms with van der Waals surface area (Å²) in [6.45, 7) is 5.11. The minimum absolute atomic E-state index is 0.0210. The SMILES string of the molecule is Cc1ncccc1NC(=O)C1CCCN1C1CCNCC1. The van der Waals surface area contributed by atoms with Crippen molar-refractivity contribution in [1.82, 2.24) is 15.2 Å². The van der Waals surface area contributed by atoms with E-state index in [2.05, 4.69) is 20.5 Å². The van der Waals surface area contributed by atoms with Gasteiger partial charge in [0.25, 0.3) is 0 Å². The summed E-state index contributed by atoms with van der Waals surface area (Å²) >= 11 is 0. The van der Waals surface area contributed by atoms with Crippen LogP contribution in [0.1, 0.15) is 31.4 Å². The smallest absolute Gasteiger partial charge is 0.241 e. The van der Waals surface area contributed by atoms with Crippen LogP contribution in [0.5, 0.6) is 0 Å². The molecule has 1 amide bonds. The molecule has 21 heavy (non-hydrogen) atoms. The fourth-order valence-corrected chi connectivity index (χ4v) is 3.48. The number of carbonyl (C=O) groups excluding carboxylic acids is 1. The maximum atomic E-state index is 12.6. The zero-order valence-electron chi connectivity index (χ0n) is 12.6. The lowest BCUT2D eigenvalue weighted by atomic mass is 10.0. The van der Waals surface area contributed by atoms with E-state index in [0.29, 0.717) is 6.04 Å². The van der Waals surface area contributed by atoms with E-state index >= 15 is 0 Å². The van der Waals surface area contributed by atoms with Crippen molar-refractivity contribution in [1.29, 1.82) is 0 Å². The summed E-state index contributed by atoms with van der Waals surface area (Å²) in [5.74, 6) is 0.127. The van der Waals surface area contributed by atoms with Crippen LogP contribution >= 0.6 is 0 Å². The van der Waals surface area contributed by atoms with Gasteiger partial charge >= 0.3 is 0 Å². The van der Waals surface area contributed by atoms with E-state index in [0.717, 1.165) is 56.7 Å². The number of amides is 1. The highest BCUT2D eigenvalue weighted by molar-refractivity contribution is 5.95. The first-order valence-electron chi connectivity index (χ1n) is 7.94. The molecule has 0 aliphatic carbocycles. The second-order valence-electron chi connectivity index (χ2n) is 6.00. The molecule has 0 aromatic carbocycles. The van der Waals surface area contributed by atoms with Crippen molar-refractivity contribution < 1.29 is 4.79 Å². The van der Waals surface area contributed by atoms with Gasteiger partial charge in [-0.2, -0.15) is 0 Å². The number of hydrogen-bond donors (Lipinski definition) is 2. The molecule has 1 unspecified atom stereocenters. The number of carbonyl (C=O) groups is 1. The Morgan fingerprint density at radius 3 is 2.95 bits per heavy atom. The molecule has 0 radical (unpaired) electrons. The summed E-state index contributed by atoms with van der Waals surface area (Å²) in [7, 11) is 0. The Balaban J connectivity index is 1.67. The lowest BCUT2D eigenvalue weighted by Crippen LogP contribution is -2.49. The molecule has 3 heterocycles. The first-order chi connectivity index (χ1) is 10.3. The molecule has 1 aromatic rings. The Labute approximate surface area is 126 Å². The van der Waals surface area contributed by atoms with Crippen molar-refractivity contribution >= 4 is 11.6 Å². The van der Waals surface area contributed by atoms with Crippen LogP contribution in [0.3, 0.4) is 0 Å². The van der Waals surface area contributed by atoms with Crippen molar-refractivity contribution in [3.63, 3.8) is 0 Å². The third kappa shape index (κ3) is 3.24. The van der Waals surface area contributed by atoms with Gasteiger partial charge in [-0.15, -0.1) is 0 Å². The molecule has 0 saturated carbocycles. The molecule has 1 aromatic heterocycles. The largest absolute Gasteiger partial charge is 0.323 e. The summed E-state index contributed by atoms with van der Waals surface area (Å²) in [5, 5.41) is 6.46. The number of aryl methyl sites for hydroxylation is 1. The molecular formula is C16H24N4O. The van der Waals surface area contributed by atoms with Gasteiger partial charge in [0.1, 0.15) is 0 Å². The zero-order valence-corrected chi connectivity index (χ0v) is 12.6. The highest BCUT2D eigenvalue weighted by Crippen LogP contribution is 2.25. The normalized spacial score (nSPS) is 24.1. The van der Waals surface area contributed by atoms with Gasteiger partial charge in [-0.3, -0.25) is 14.7 Å². The van der Waals surface area contributed by atoms with Crippen molar-refractivity contribution in [3.05, 3.63) is 24.0 Å². The zero-order chi connectivity index (χ0) is 14.7. The molecule has 0 bridgehead atoms. The molecule has 1 atom stereocenters. The van der Waals surface area contributed by atoms with E-state index in [1.807, 2.05) is 19.1 Å². The Morgan fingerprint density at radius 1 is 1.38 bits per heavy atom. The van der Waals surface area contributed by atoms with E-state index in [9.17, 15) is 4.79 Å². The standard InChI is InChI=1S/C16H24N4O/c1-12-14(4-2-8-18-12)19-16(21)15-5-3-11-20(15)13-6-9-17-10-7-13/h2,4,8,13,15,17H,3,5-7,9-11H2,1H3,(H,19,21). The summed E-state index contributed by atoms with van der Waals surface area (Å²) in [5.41, 5.74) is 1.71. The van der Waals surface area contributed by atoms with E-state index in [1.165, 1.54) is 0 Å². The average Bonchev–Trinajstić information content (AvgIpc) is 3.00. The predicted octanol–water partition coefficient (Wildman–Crippen LogP) is 1.54. The minimum atomic E-state index is 0.0210. The van der Waals surface area contributed by atoms with Crippen LogP contribution in [-0.4, -0.2) is 47.5 Å². The number of nitrogens with zero attached hydrogens (tertiary/aromatic N) is 2.